The van der Waals surface area contributed by atoms with Gasteiger partial charge in [0, 0.05) is 0 Å². The molecule has 0 aliphatic carbocycles. The van der Waals surface area contributed by atoms with Crippen LogP contribution in [0.2, 0.25) is 0 Å². The van der Waals surface area contributed by atoms with E-state index in [1.807, 2.05) is 25.1 Å². The molecule has 0 heterocycles. The van der Waals surface area contributed by atoms with Crippen molar-refractivity contribution in [1.29, 1.82) is 0 Å². The highest BCUT2D eigenvalue weighted by atomic mass is 16.5. The Labute approximate surface area is 80.0 Å². The number of aryl methyl sites for hydroxylation is 1. The number of benzene rings is 1. The molecule has 0 radical (unpaired) electrons. The average molecular weight is 176 g/mol. The third kappa shape index (κ3) is 2.94. The van der Waals surface area contributed by atoms with Crippen LogP contribution in [-0.4, -0.2) is 7.11 Å². The molecule has 1 heteroatoms. The van der Waals surface area contributed by atoms with E-state index < -0.39 is 0 Å². The predicted molar refractivity (Wildman–Crippen MR) is 56.1 cm³/mol. The number of rotatable bonds is 4. The fourth-order valence-corrected chi connectivity index (χ4v) is 1.32. The molecule has 0 N–H and O–H groups in total. The molecule has 0 amide bonds. The van der Waals surface area contributed by atoms with Gasteiger partial charge in [0.1, 0.15) is 5.75 Å². The second-order valence-electron chi connectivity index (χ2n) is 2.92. The van der Waals surface area contributed by atoms with Gasteiger partial charge in [0.15, 0.2) is 0 Å². The van der Waals surface area contributed by atoms with Crippen molar-refractivity contribution in [2.45, 2.75) is 19.8 Å². The molecular weight excluding hydrogens is 160 g/mol. The molecule has 1 aromatic rings. The van der Waals surface area contributed by atoms with Gasteiger partial charge in [-0.05, 0) is 31.4 Å². The summed E-state index contributed by atoms with van der Waals surface area (Å²) in [6.45, 7) is 2.04. The summed E-state index contributed by atoms with van der Waals surface area (Å²) in [7, 11) is 1.72. The third-order valence-corrected chi connectivity index (χ3v) is 2.01. The SMILES string of the molecule is C/C=C/CCc1ccccc1OC. The van der Waals surface area contributed by atoms with Crippen molar-refractivity contribution in [2.75, 3.05) is 7.11 Å². The maximum absolute atomic E-state index is 5.25. The highest BCUT2D eigenvalue weighted by Crippen LogP contribution is 2.18. The summed E-state index contributed by atoms with van der Waals surface area (Å²) < 4.78 is 5.25. The van der Waals surface area contributed by atoms with Crippen LogP contribution in [0, 0.1) is 0 Å². The molecule has 1 aromatic carbocycles. The summed E-state index contributed by atoms with van der Waals surface area (Å²) in [5.41, 5.74) is 1.28. The quantitative estimate of drug-likeness (QED) is 0.640. The fourth-order valence-electron chi connectivity index (χ4n) is 1.32. The number of para-hydroxylation sites is 1. The number of allylic oxidation sites excluding steroid dienone is 2. The number of hydrogen-bond donors (Lipinski definition) is 0. The van der Waals surface area contributed by atoms with Gasteiger partial charge in [-0.3, -0.25) is 0 Å². The highest BCUT2D eigenvalue weighted by molar-refractivity contribution is 5.33. The van der Waals surface area contributed by atoms with Crippen LogP contribution in [0.25, 0.3) is 0 Å². The predicted octanol–water partition coefficient (Wildman–Crippen LogP) is 3.20. The zero-order valence-corrected chi connectivity index (χ0v) is 8.29. The minimum absolute atomic E-state index is 0.993. The van der Waals surface area contributed by atoms with Crippen molar-refractivity contribution in [3.05, 3.63) is 42.0 Å². The van der Waals surface area contributed by atoms with Gasteiger partial charge in [0.05, 0.1) is 7.11 Å². The van der Waals surface area contributed by atoms with E-state index in [0.29, 0.717) is 0 Å². The lowest BCUT2D eigenvalue weighted by Gasteiger charge is -2.05. The van der Waals surface area contributed by atoms with Gasteiger partial charge in [-0.15, -0.1) is 0 Å². The molecule has 1 rings (SSSR count). The van der Waals surface area contributed by atoms with Gasteiger partial charge >= 0.3 is 0 Å². The van der Waals surface area contributed by atoms with Crippen molar-refractivity contribution < 1.29 is 4.74 Å². The lowest BCUT2D eigenvalue weighted by atomic mass is 10.1. The first-order valence-corrected chi connectivity index (χ1v) is 4.61. The summed E-state index contributed by atoms with van der Waals surface area (Å²) in [6.07, 6.45) is 6.38. The van der Waals surface area contributed by atoms with E-state index in [1.54, 1.807) is 7.11 Å². The Balaban J connectivity index is 2.64. The maximum Gasteiger partial charge on any atom is 0.122 e. The molecular formula is C12H16O. The Bertz CT molecular complexity index is 276. The first-order valence-electron chi connectivity index (χ1n) is 4.61. The van der Waals surface area contributed by atoms with Crippen molar-refractivity contribution in [2.24, 2.45) is 0 Å². The van der Waals surface area contributed by atoms with Crippen molar-refractivity contribution in [3.63, 3.8) is 0 Å². The van der Waals surface area contributed by atoms with E-state index in [0.717, 1.165) is 18.6 Å². The third-order valence-electron chi connectivity index (χ3n) is 2.01. The van der Waals surface area contributed by atoms with E-state index >= 15 is 0 Å². The number of ether oxygens (including phenoxy) is 1. The van der Waals surface area contributed by atoms with Gasteiger partial charge in [-0.1, -0.05) is 30.4 Å². The first-order chi connectivity index (χ1) is 6.38. The standard InChI is InChI=1S/C12H16O/c1-3-4-5-8-11-9-6-7-10-12(11)13-2/h3-4,6-7,9-10H,5,8H2,1-2H3/b4-3+. The summed E-state index contributed by atoms with van der Waals surface area (Å²) >= 11 is 0. The van der Waals surface area contributed by atoms with Crippen LogP contribution in [0.4, 0.5) is 0 Å². The molecule has 0 aliphatic heterocycles. The van der Waals surface area contributed by atoms with E-state index in [4.69, 9.17) is 4.74 Å². The number of hydrogen-bond acceptors (Lipinski definition) is 1. The topological polar surface area (TPSA) is 9.23 Å². The van der Waals surface area contributed by atoms with Crippen LogP contribution >= 0.6 is 0 Å². The molecule has 13 heavy (non-hydrogen) atoms. The van der Waals surface area contributed by atoms with Crippen LogP contribution in [0.15, 0.2) is 36.4 Å². The van der Waals surface area contributed by atoms with Gasteiger partial charge < -0.3 is 4.74 Å². The van der Waals surface area contributed by atoms with Crippen LogP contribution < -0.4 is 4.74 Å². The van der Waals surface area contributed by atoms with Gasteiger partial charge in [0.25, 0.3) is 0 Å². The second-order valence-corrected chi connectivity index (χ2v) is 2.92. The maximum atomic E-state index is 5.25. The Morgan fingerprint density at radius 3 is 2.77 bits per heavy atom. The normalized spacial score (nSPS) is 10.6. The summed E-state index contributed by atoms with van der Waals surface area (Å²) in [6, 6.07) is 8.17. The Morgan fingerprint density at radius 2 is 2.08 bits per heavy atom. The Hall–Kier alpha value is -1.24. The van der Waals surface area contributed by atoms with Crippen LogP contribution in [-0.2, 0) is 6.42 Å². The smallest absolute Gasteiger partial charge is 0.122 e. The van der Waals surface area contributed by atoms with Gasteiger partial charge in [-0.2, -0.15) is 0 Å². The molecule has 1 nitrogen and oxygen atoms in total. The molecule has 0 bridgehead atoms. The molecule has 0 aromatic heterocycles. The highest BCUT2D eigenvalue weighted by Gasteiger charge is 1.98. The van der Waals surface area contributed by atoms with Crippen molar-refractivity contribution in [1.82, 2.24) is 0 Å². The second kappa shape index (κ2) is 5.41. The Morgan fingerprint density at radius 1 is 1.31 bits per heavy atom. The molecule has 0 fully saturated rings. The van der Waals surface area contributed by atoms with E-state index in [9.17, 15) is 0 Å². The van der Waals surface area contributed by atoms with E-state index in [1.165, 1.54) is 5.56 Å². The lowest BCUT2D eigenvalue weighted by Crippen LogP contribution is -1.90. The minimum Gasteiger partial charge on any atom is -0.496 e. The summed E-state index contributed by atoms with van der Waals surface area (Å²) in [5.74, 6) is 0.993. The van der Waals surface area contributed by atoms with Crippen LogP contribution in [0.1, 0.15) is 18.9 Å². The molecule has 0 spiro atoms. The molecule has 0 aliphatic rings. The monoisotopic (exact) mass is 176 g/mol. The van der Waals surface area contributed by atoms with Crippen LogP contribution in [0.3, 0.4) is 0 Å². The zero-order chi connectivity index (χ0) is 9.52. The summed E-state index contributed by atoms with van der Waals surface area (Å²) in [4.78, 5) is 0. The van der Waals surface area contributed by atoms with Crippen molar-refractivity contribution in [3.8, 4) is 5.75 Å². The lowest BCUT2D eigenvalue weighted by molar-refractivity contribution is 0.409. The first kappa shape index (κ1) is 9.85. The molecule has 0 saturated heterocycles. The molecule has 0 unspecified atom stereocenters. The van der Waals surface area contributed by atoms with E-state index in [2.05, 4.69) is 18.2 Å². The largest absolute Gasteiger partial charge is 0.496 e. The van der Waals surface area contributed by atoms with Crippen molar-refractivity contribution >= 4 is 0 Å². The van der Waals surface area contributed by atoms with Gasteiger partial charge in [-0.25, -0.2) is 0 Å². The fraction of sp³-hybridized carbons (Fsp3) is 0.333. The number of methoxy groups -OCH3 is 1. The average Bonchev–Trinajstić information content (AvgIpc) is 2.19. The van der Waals surface area contributed by atoms with Gasteiger partial charge in [0.2, 0.25) is 0 Å². The molecule has 70 valence electrons. The van der Waals surface area contributed by atoms with Crippen LogP contribution in [0.5, 0.6) is 5.75 Å². The molecule has 0 saturated carbocycles. The Kier molecular flexibility index (Phi) is 4.10. The van der Waals surface area contributed by atoms with E-state index in [-0.39, 0.29) is 0 Å². The minimum atomic E-state index is 0.993. The summed E-state index contributed by atoms with van der Waals surface area (Å²) in [5, 5.41) is 0. The zero-order valence-electron chi connectivity index (χ0n) is 8.29. The molecule has 0 atom stereocenters.